The van der Waals surface area contributed by atoms with Crippen LogP contribution in [0.5, 0.6) is 11.5 Å². The van der Waals surface area contributed by atoms with Gasteiger partial charge in [-0.15, -0.1) is 11.6 Å². The molecule has 5 heteroatoms. The summed E-state index contributed by atoms with van der Waals surface area (Å²) in [6.45, 7) is 0.399. The Hall–Kier alpha value is -1.42. The third-order valence-corrected chi connectivity index (χ3v) is 2.47. The molecule has 0 atom stereocenters. The van der Waals surface area contributed by atoms with Crippen molar-refractivity contribution >= 4 is 17.5 Å². The number of hydrogen-bond donors (Lipinski definition) is 1. The van der Waals surface area contributed by atoms with Gasteiger partial charge >= 0.3 is 0 Å². The maximum Gasteiger partial charge on any atom is 0.221 e. The van der Waals surface area contributed by atoms with E-state index in [-0.39, 0.29) is 5.91 Å². The van der Waals surface area contributed by atoms with Crippen molar-refractivity contribution in [3.8, 4) is 11.5 Å². The number of ether oxygens (including phenoxy) is 2. The largest absolute Gasteiger partial charge is 0.497 e. The summed E-state index contributed by atoms with van der Waals surface area (Å²) in [5, 5.41) is 2.77. The highest BCUT2D eigenvalue weighted by Gasteiger charge is 2.06. The van der Waals surface area contributed by atoms with Crippen LogP contribution >= 0.6 is 11.6 Å². The van der Waals surface area contributed by atoms with E-state index in [2.05, 4.69) is 5.32 Å². The lowest BCUT2D eigenvalue weighted by molar-refractivity contribution is -0.120. The highest BCUT2D eigenvalue weighted by atomic mass is 35.5. The molecule has 0 spiro atoms. The van der Waals surface area contributed by atoms with E-state index in [1.165, 1.54) is 0 Å². The van der Waals surface area contributed by atoms with E-state index in [9.17, 15) is 4.79 Å². The molecule has 1 amide bonds. The molecular formula is C12H16ClNO3. The number of methoxy groups -OCH3 is 2. The van der Waals surface area contributed by atoms with Gasteiger partial charge in [-0.3, -0.25) is 4.79 Å². The second-order valence-corrected chi connectivity index (χ2v) is 3.77. The molecule has 0 saturated carbocycles. The molecule has 4 nitrogen and oxygen atoms in total. The molecule has 0 radical (unpaired) electrons. The maximum atomic E-state index is 11.3. The molecule has 0 bridgehead atoms. The van der Waals surface area contributed by atoms with E-state index in [1.54, 1.807) is 14.2 Å². The van der Waals surface area contributed by atoms with E-state index >= 15 is 0 Å². The van der Waals surface area contributed by atoms with Crippen molar-refractivity contribution in [3.63, 3.8) is 0 Å². The van der Waals surface area contributed by atoms with Gasteiger partial charge in [0, 0.05) is 24.4 Å². The molecular weight excluding hydrogens is 242 g/mol. The second-order valence-electron chi connectivity index (χ2n) is 3.39. The van der Waals surface area contributed by atoms with E-state index < -0.39 is 0 Å². The van der Waals surface area contributed by atoms with Crippen LogP contribution in [-0.4, -0.2) is 26.0 Å². The van der Waals surface area contributed by atoms with Gasteiger partial charge in [-0.2, -0.15) is 0 Å². The quantitative estimate of drug-likeness (QED) is 0.793. The average Bonchev–Trinajstić information content (AvgIpc) is 2.36. The Bertz CT molecular complexity index is 382. The Labute approximate surface area is 106 Å². The molecule has 0 heterocycles. The normalized spacial score (nSPS) is 9.82. The summed E-state index contributed by atoms with van der Waals surface area (Å²) in [5.41, 5.74) is 0.870. The van der Waals surface area contributed by atoms with Crippen LogP contribution in [-0.2, 0) is 11.3 Å². The molecule has 17 heavy (non-hydrogen) atoms. The predicted molar refractivity (Wildman–Crippen MR) is 66.7 cm³/mol. The van der Waals surface area contributed by atoms with Crippen molar-refractivity contribution < 1.29 is 14.3 Å². The number of amides is 1. The fourth-order valence-corrected chi connectivity index (χ4v) is 1.56. The van der Waals surface area contributed by atoms with Gasteiger partial charge in [0.15, 0.2) is 0 Å². The monoisotopic (exact) mass is 257 g/mol. The standard InChI is InChI=1S/C12H16ClNO3/c1-16-10-3-4-11(17-2)9(7-10)8-14-12(15)5-6-13/h3-4,7H,5-6,8H2,1-2H3,(H,14,15). The van der Waals surface area contributed by atoms with Crippen LogP contribution in [0, 0.1) is 0 Å². The minimum Gasteiger partial charge on any atom is -0.497 e. The summed E-state index contributed by atoms with van der Waals surface area (Å²) < 4.78 is 10.3. The molecule has 0 unspecified atom stereocenters. The van der Waals surface area contributed by atoms with Crippen molar-refractivity contribution in [3.05, 3.63) is 23.8 Å². The first-order valence-electron chi connectivity index (χ1n) is 5.24. The number of carbonyl (C=O) groups excluding carboxylic acids is 1. The van der Waals surface area contributed by atoms with Crippen molar-refractivity contribution in [2.45, 2.75) is 13.0 Å². The number of alkyl halides is 1. The number of benzene rings is 1. The lowest BCUT2D eigenvalue weighted by atomic mass is 10.2. The highest BCUT2D eigenvalue weighted by molar-refractivity contribution is 6.18. The topological polar surface area (TPSA) is 47.6 Å². The third kappa shape index (κ3) is 4.15. The first-order valence-corrected chi connectivity index (χ1v) is 5.78. The van der Waals surface area contributed by atoms with Gasteiger partial charge in [0.05, 0.1) is 14.2 Å². The van der Waals surface area contributed by atoms with Gasteiger partial charge < -0.3 is 14.8 Å². The Balaban J connectivity index is 2.70. The SMILES string of the molecule is COc1ccc(OC)c(CNC(=O)CCCl)c1. The number of halogens is 1. The van der Waals surface area contributed by atoms with E-state index in [1.807, 2.05) is 18.2 Å². The zero-order valence-corrected chi connectivity index (χ0v) is 10.7. The molecule has 94 valence electrons. The van der Waals surface area contributed by atoms with Crippen molar-refractivity contribution in [1.29, 1.82) is 0 Å². The smallest absolute Gasteiger partial charge is 0.221 e. The fourth-order valence-electron chi connectivity index (χ4n) is 1.39. The number of hydrogen-bond acceptors (Lipinski definition) is 3. The minimum absolute atomic E-state index is 0.0788. The first kappa shape index (κ1) is 13.6. The van der Waals surface area contributed by atoms with Crippen LogP contribution in [0.1, 0.15) is 12.0 Å². The second kappa shape index (κ2) is 7.01. The summed E-state index contributed by atoms with van der Waals surface area (Å²) in [6.07, 6.45) is 0.313. The van der Waals surface area contributed by atoms with Gasteiger partial charge in [0.25, 0.3) is 0 Å². The lowest BCUT2D eigenvalue weighted by Crippen LogP contribution is -2.23. The number of rotatable bonds is 6. The van der Waals surface area contributed by atoms with Crippen LogP contribution < -0.4 is 14.8 Å². The van der Waals surface area contributed by atoms with E-state index in [0.717, 1.165) is 17.1 Å². The molecule has 1 aromatic carbocycles. The molecule has 1 N–H and O–H groups in total. The highest BCUT2D eigenvalue weighted by Crippen LogP contribution is 2.23. The molecule has 0 aliphatic carbocycles. The van der Waals surface area contributed by atoms with Crippen molar-refractivity contribution in [2.24, 2.45) is 0 Å². The summed E-state index contributed by atoms with van der Waals surface area (Å²) >= 11 is 5.48. The van der Waals surface area contributed by atoms with Crippen LogP contribution in [0.25, 0.3) is 0 Å². The lowest BCUT2D eigenvalue weighted by Gasteiger charge is -2.11. The third-order valence-electron chi connectivity index (χ3n) is 2.29. The molecule has 0 fully saturated rings. The van der Waals surface area contributed by atoms with Crippen molar-refractivity contribution in [2.75, 3.05) is 20.1 Å². The van der Waals surface area contributed by atoms with Crippen LogP contribution in [0.15, 0.2) is 18.2 Å². The minimum atomic E-state index is -0.0788. The van der Waals surface area contributed by atoms with Crippen LogP contribution in [0.4, 0.5) is 0 Å². The molecule has 0 saturated heterocycles. The van der Waals surface area contributed by atoms with Gasteiger partial charge in [-0.1, -0.05) is 0 Å². The molecule has 0 aliphatic rings. The first-order chi connectivity index (χ1) is 8.21. The maximum absolute atomic E-state index is 11.3. The number of carbonyl (C=O) groups is 1. The van der Waals surface area contributed by atoms with Gasteiger partial charge in [-0.25, -0.2) is 0 Å². The van der Waals surface area contributed by atoms with Gasteiger partial charge in [-0.05, 0) is 18.2 Å². The zero-order valence-electron chi connectivity index (χ0n) is 9.96. The summed E-state index contributed by atoms with van der Waals surface area (Å²) in [6, 6.07) is 5.45. The Morgan fingerprint density at radius 2 is 2.12 bits per heavy atom. The Morgan fingerprint density at radius 3 is 2.71 bits per heavy atom. The van der Waals surface area contributed by atoms with Crippen LogP contribution in [0.2, 0.25) is 0 Å². The van der Waals surface area contributed by atoms with Gasteiger partial charge in [0.2, 0.25) is 5.91 Å². The fraction of sp³-hybridized carbons (Fsp3) is 0.417. The molecule has 1 aromatic rings. The van der Waals surface area contributed by atoms with Crippen molar-refractivity contribution in [1.82, 2.24) is 5.32 Å². The summed E-state index contributed by atoms with van der Waals surface area (Å²) in [7, 11) is 3.18. The predicted octanol–water partition coefficient (Wildman–Crippen LogP) is 1.95. The summed E-state index contributed by atoms with van der Waals surface area (Å²) in [5.74, 6) is 1.69. The zero-order chi connectivity index (χ0) is 12.7. The Kier molecular flexibility index (Phi) is 5.63. The average molecular weight is 258 g/mol. The van der Waals surface area contributed by atoms with Crippen LogP contribution in [0.3, 0.4) is 0 Å². The molecule has 0 aliphatic heterocycles. The van der Waals surface area contributed by atoms with Gasteiger partial charge in [0.1, 0.15) is 11.5 Å². The summed E-state index contributed by atoms with van der Waals surface area (Å²) in [4.78, 5) is 11.3. The molecule has 0 aromatic heterocycles. The van der Waals surface area contributed by atoms with E-state index in [4.69, 9.17) is 21.1 Å². The number of nitrogens with one attached hydrogen (secondary N) is 1. The van der Waals surface area contributed by atoms with E-state index in [0.29, 0.717) is 18.8 Å². The molecule has 1 rings (SSSR count). The Morgan fingerprint density at radius 1 is 1.35 bits per heavy atom.